The third kappa shape index (κ3) is 7.82. The lowest BCUT2D eigenvalue weighted by molar-refractivity contribution is -0.138. The van der Waals surface area contributed by atoms with E-state index in [1.165, 1.54) is 0 Å². The first-order valence-electron chi connectivity index (χ1n) is 3.33. The van der Waals surface area contributed by atoms with Crippen molar-refractivity contribution in [2.24, 2.45) is 0 Å². The van der Waals surface area contributed by atoms with Crippen LogP contribution < -0.4 is 0 Å². The molecule has 0 fully saturated rings. The summed E-state index contributed by atoms with van der Waals surface area (Å²) in [4.78, 5) is 10.6. The average Bonchev–Trinajstić information content (AvgIpc) is 1.95. The highest BCUT2D eigenvalue weighted by Crippen LogP contribution is 1.99. The summed E-state index contributed by atoms with van der Waals surface area (Å²) < 4.78 is 33.2. The summed E-state index contributed by atoms with van der Waals surface area (Å²) in [6.45, 7) is 3.12. The van der Waals surface area contributed by atoms with Crippen molar-refractivity contribution in [1.82, 2.24) is 0 Å². The predicted molar refractivity (Wildman–Crippen MR) is 50.1 cm³/mol. The second-order valence-corrected chi connectivity index (χ2v) is 4.33. The zero-order chi connectivity index (χ0) is 10.5. The van der Waals surface area contributed by atoms with Crippen LogP contribution >= 0.6 is 12.6 Å². The van der Waals surface area contributed by atoms with Crippen molar-refractivity contribution in [2.75, 3.05) is 12.4 Å². The Hall–Kier alpha value is -0.530. The molecule has 0 rings (SSSR count). The molecular formula is C6H10O5S2. The molecule has 7 heteroatoms. The molecule has 0 aliphatic rings. The molecule has 0 spiro atoms. The van der Waals surface area contributed by atoms with Crippen LogP contribution in [-0.4, -0.2) is 31.3 Å². The van der Waals surface area contributed by atoms with Gasteiger partial charge in [-0.15, -0.1) is 12.6 Å². The van der Waals surface area contributed by atoms with E-state index in [4.69, 9.17) is 4.55 Å². The first-order chi connectivity index (χ1) is 5.83. The summed E-state index contributed by atoms with van der Waals surface area (Å²) in [5.74, 6) is -1.13. The number of thiol groups is 1. The number of rotatable bonds is 5. The second-order valence-electron chi connectivity index (χ2n) is 2.22. The van der Waals surface area contributed by atoms with Gasteiger partial charge in [0.05, 0.1) is 17.3 Å². The van der Waals surface area contributed by atoms with Gasteiger partial charge in [0.15, 0.2) is 0 Å². The number of carbonyl (C=O) groups excluding carboxylic acids is 1. The molecule has 0 aromatic heterocycles. The summed E-state index contributed by atoms with van der Waals surface area (Å²) in [5.41, 5.74) is 0. The van der Waals surface area contributed by atoms with Crippen molar-refractivity contribution in [3.05, 3.63) is 11.5 Å². The highest BCUT2D eigenvalue weighted by molar-refractivity contribution is 7.85. The van der Waals surface area contributed by atoms with Gasteiger partial charge in [-0.3, -0.25) is 4.55 Å². The zero-order valence-corrected chi connectivity index (χ0v) is 8.48. The molecule has 0 unspecified atom stereocenters. The van der Waals surface area contributed by atoms with Crippen LogP contribution in [0.3, 0.4) is 0 Å². The van der Waals surface area contributed by atoms with E-state index in [0.717, 1.165) is 0 Å². The minimum Gasteiger partial charge on any atom is -0.462 e. The van der Waals surface area contributed by atoms with Gasteiger partial charge in [0.1, 0.15) is 0 Å². The standard InChI is InChI=1S/C6H10O5S2/c1-5(12)6(7)11-3-2-4-13(8,9)10/h12H,1-4H2,(H,8,9,10). The van der Waals surface area contributed by atoms with Gasteiger partial charge in [0.2, 0.25) is 0 Å². The summed E-state index contributed by atoms with van der Waals surface area (Å²) in [5, 5.41) is 0. The van der Waals surface area contributed by atoms with E-state index in [-0.39, 0.29) is 17.9 Å². The second kappa shape index (κ2) is 5.25. The first-order valence-corrected chi connectivity index (χ1v) is 5.39. The van der Waals surface area contributed by atoms with Gasteiger partial charge in [0, 0.05) is 0 Å². The molecule has 0 bridgehead atoms. The molecule has 0 saturated heterocycles. The van der Waals surface area contributed by atoms with E-state index >= 15 is 0 Å². The Morgan fingerprint density at radius 2 is 2.08 bits per heavy atom. The summed E-state index contributed by atoms with van der Waals surface area (Å²) in [7, 11) is -3.98. The maximum Gasteiger partial charge on any atom is 0.343 e. The first kappa shape index (κ1) is 12.5. The molecule has 0 heterocycles. The molecule has 0 aromatic rings. The van der Waals surface area contributed by atoms with Gasteiger partial charge in [0.25, 0.3) is 10.1 Å². The number of hydrogen-bond acceptors (Lipinski definition) is 5. The monoisotopic (exact) mass is 226 g/mol. The lowest BCUT2D eigenvalue weighted by Crippen LogP contribution is -2.10. The van der Waals surface area contributed by atoms with Crippen LogP contribution in [0.1, 0.15) is 6.42 Å². The molecular weight excluding hydrogens is 216 g/mol. The highest BCUT2D eigenvalue weighted by Gasteiger charge is 2.06. The van der Waals surface area contributed by atoms with Gasteiger partial charge < -0.3 is 4.74 Å². The minimum absolute atomic E-state index is 0.0473. The van der Waals surface area contributed by atoms with Crippen LogP contribution in [0.25, 0.3) is 0 Å². The Kier molecular flexibility index (Phi) is 5.04. The smallest absolute Gasteiger partial charge is 0.343 e. The predicted octanol–water partition coefficient (Wildman–Crippen LogP) is 0.251. The molecule has 76 valence electrons. The highest BCUT2D eigenvalue weighted by atomic mass is 32.2. The van der Waals surface area contributed by atoms with E-state index in [1.807, 2.05) is 0 Å². The van der Waals surface area contributed by atoms with Gasteiger partial charge in [-0.1, -0.05) is 6.58 Å². The molecule has 0 radical (unpaired) electrons. The summed E-state index contributed by atoms with van der Waals surface area (Å²) in [6.07, 6.45) is 0.0473. The normalized spacial score (nSPS) is 10.9. The molecule has 5 nitrogen and oxygen atoms in total. The fraction of sp³-hybridized carbons (Fsp3) is 0.500. The minimum atomic E-state index is -3.98. The number of ether oxygens (including phenoxy) is 1. The Balaban J connectivity index is 3.59. The van der Waals surface area contributed by atoms with Crippen molar-refractivity contribution < 1.29 is 22.5 Å². The van der Waals surface area contributed by atoms with Crippen molar-refractivity contribution in [1.29, 1.82) is 0 Å². The number of hydrogen-bond donors (Lipinski definition) is 2. The Morgan fingerprint density at radius 1 is 1.54 bits per heavy atom. The molecule has 1 N–H and O–H groups in total. The summed E-state index contributed by atoms with van der Waals surface area (Å²) in [6, 6.07) is 0. The molecule has 0 amide bonds. The van der Waals surface area contributed by atoms with Crippen LogP contribution in [0.4, 0.5) is 0 Å². The topological polar surface area (TPSA) is 80.7 Å². The Bertz CT molecular complexity index is 292. The molecule has 0 saturated carbocycles. The van der Waals surface area contributed by atoms with Crippen molar-refractivity contribution in [2.45, 2.75) is 6.42 Å². The van der Waals surface area contributed by atoms with Crippen molar-refractivity contribution >= 4 is 28.7 Å². The number of carbonyl (C=O) groups is 1. The van der Waals surface area contributed by atoms with E-state index in [1.54, 1.807) is 0 Å². The lowest BCUT2D eigenvalue weighted by atomic mass is 10.5. The van der Waals surface area contributed by atoms with Crippen LogP contribution in [-0.2, 0) is 19.6 Å². The van der Waals surface area contributed by atoms with Crippen molar-refractivity contribution in [3.8, 4) is 0 Å². The fourth-order valence-corrected chi connectivity index (χ4v) is 1.04. The van der Waals surface area contributed by atoms with Gasteiger partial charge >= 0.3 is 5.97 Å². The zero-order valence-electron chi connectivity index (χ0n) is 6.76. The SMILES string of the molecule is C=C(S)C(=O)OCCCS(=O)(=O)O. The maximum atomic E-state index is 10.7. The number of esters is 1. The third-order valence-corrected chi connectivity index (χ3v) is 2.00. The molecule has 0 aliphatic carbocycles. The van der Waals surface area contributed by atoms with Gasteiger partial charge in [-0.25, -0.2) is 4.79 Å². The van der Waals surface area contributed by atoms with E-state index < -0.39 is 21.8 Å². The van der Waals surface area contributed by atoms with Gasteiger partial charge in [-0.05, 0) is 6.42 Å². The Morgan fingerprint density at radius 3 is 2.46 bits per heavy atom. The molecule has 0 atom stereocenters. The van der Waals surface area contributed by atoms with E-state index in [9.17, 15) is 13.2 Å². The Labute approximate surface area is 81.9 Å². The molecule has 0 aromatic carbocycles. The summed E-state index contributed by atoms with van der Waals surface area (Å²) >= 11 is 3.62. The van der Waals surface area contributed by atoms with E-state index in [0.29, 0.717) is 0 Å². The van der Waals surface area contributed by atoms with Crippen LogP contribution in [0.15, 0.2) is 11.5 Å². The van der Waals surface area contributed by atoms with Crippen LogP contribution in [0.2, 0.25) is 0 Å². The average molecular weight is 226 g/mol. The lowest BCUT2D eigenvalue weighted by Gasteiger charge is -2.01. The maximum absolute atomic E-state index is 10.7. The van der Waals surface area contributed by atoms with Gasteiger partial charge in [-0.2, -0.15) is 8.42 Å². The van der Waals surface area contributed by atoms with E-state index in [2.05, 4.69) is 23.9 Å². The van der Waals surface area contributed by atoms with Crippen molar-refractivity contribution in [3.63, 3.8) is 0 Å². The van der Waals surface area contributed by atoms with Crippen LogP contribution in [0.5, 0.6) is 0 Å². The molecule has 0 aliphatic heterocycles. The third-order valence-electron chi connectivity index (χ3n) is 1.02. The molecule has 13 heavy (non-hydrogen) atoms. The van der Waals surface area contributed by atoms with Crippen LogP contribution in [0, 0.1) is 0 Å². The quantitative estimate of drug-likeness (QED) is 0.231. The fourth-order valence-electron chi connectivity index (χ4n) is 0.489. The largest absolute Gasteiger partial charge is 0.462 e.